The summed E-state index contributed by atoms with van der Waals surface area (Å²) < 4.78 is 0. The van der Waals surface area contributed by atoms with Crippen molar-refractivity contribution in [2.75, 3.05) is 26.2 Å². The normalized spacial score (nSPS) is 14.5. The maximum Gasteiger partial charge on any atom is 0.0990 e. The molecule has 1 rings (SSSR count). The van der Waals surface area contributed by atoms with Crippen LogP contribution >= 0.6 is 0 Å². The summed E-state index contributed by atoms with van der Waals surface area (Å²) in [5.74, 6) is 1.31. The second kappa shape index (κ2) is 17.6. The van der Waals surface area contributed by atoms with E-state index in [0.717, 1.165) is 32.6 Å². The van der Waals surface area contributed by atoms with Gasteiger partial charge in [-0.3, -0.25) is 4.99 Å². The van der Waals surface area contributed by atoms with E-state index in [1.54, 1.807) is 0 Å². The average Bonchev–Trinajstić information content (AvgIpc) is 3.09. The van der Waals surface area contributed by atoms with Gasteiger partial charge in [-0.2, -0.15) is 0 Å². The van der Waals surface area contributed by atoms with E-state index in [9.17, 15) is 0 Å². The molecule has 0 unspecified atom stereocenters. The predicted molar refractivity (Wildman–Crippen MR) is 117 cm³/mol. The molecule has 0 fully saturated rings. The zero-order valence-corrected chi connectivity index (χ0v) is 17.6. The molecule has 0 saturated heterocycles. The number of rotatable bonds is 18. The summed E-state index contributed by atoms with van der Waals surface area (Å²) in [7, 11) is 0. The monoisotopic (exact) mass is 363 g/mol. The average molecular weight is 364 g/mol. The number of amidine groups is 1. The predicted octanol–water partition coefficient (Wildman–Crippen LogP) is 6.09. The molecule has 0 aromatic carbocycles. The summed E-state index contributed by atoms with van der Waals surface area (Å²) in [6, 6.07) is 0. The van der Waals surface area contributed by atoms with Gasteiger partial charge in [-0.1, -0.05) is 76.9 Å². The molecule has 0 aliphatic carbocycles. The Kier molecular flexibility index (Phi) is 15.7. The third-order valence-electron chi connectivity index (χ3n) is 5.34. The van der Waals surface area contributed by atoms with Crippen LogP contribution < -0.4 is 5.73 Å². The van der Waals surface area contributed by atoms with Crippen LogP contribution in [0.1, 0.15) is 103 Å². The number of allylic oxidation sites excluding steroid dienone is 2. The van der Waals surface area contributed by atoms with E-state index in [1.165, 1.54) is 95.7 Å². The summed E-state index contributed by atoms with van der Waals surface area (Å²) >= 11 is 0. The number of nitrogens with zero attached hydrogens (tertiary/aromatic N) is 2. The van der Waals surface area contributed by atoms with Crippen LogP contribution in [0.15, 0.2) is 17.1 Å². The first-order valence-corrected chi connectivity index (χ1v) is 11.5. The molecular weight excluding hydrogens is 318 g/mol. The van der Waals surface area contributed by atoms with Gasteiger partial charge in [0.1, 0.15) is 0 Å². The number of aliphatic imine (C=N–C) groups is 1. The minimum absolute atomic E-state index is 0.740. The fourth-order valence-corrected chi connectivity index (χ4v) is 3.69. The first-order valence-electron chi connectivity index (χ1n) is 11.5. The second-order valence-electron chi connectivity index (χ2n) is 7.76. The van der Waals surface area contributed by atoms with Gasteiger partial charge in [0.2, 0.25) is 0 Å². The molecule has 1 heterocycles. The molecule has 3 nitrogen and oxygen atoms in total. The largest absolute Gasteiger partial charge is 0.357 e. The molecule has 0 spiro atoms. The van der Waals surface area contributed by atoms with E-state index in [4.69, 9.17) is 5.73 Å². The van der Waals surface area contributed by atoms with Gasteiger partial charge in [0.05, 0.1) is 12.4 Å². The standard InChI is InChI=1S/C23H45N3/c1-2-3-4-5-6-7-8-9-10-11-12-13-14-15-16-17-18-23-25-20-22-26(23)21-19-24/h11-12H,2-10,13-22,24H2,1H3/b12-11+. The highest BCUT2D eigenvalue weighted by Crippen LogP contribution is 2.12. The lowest BCUT2D eigenvalue weighted by molar-refractivity contribution is 0.456. The Morgan fingerprint density at radius 1 is 0.846 bits per heavy atom. The summed E-state index contributed by atoms with van der Waals surface area (Å²) in [6.07, 6.45) is 25.2. The number of hydrogen-bond acceptors (Lipinski definition) is 3. The Morgan fingerprint density at radius 3 is 2.04 bits per heavy atom. The molecule has 26 heavy (non-hydrogen) atoms. The van der Waals surface area contributed by atoms with Crippen molar-refractivity contribution in [3.8, 4) is 0 Å². The Hall–Kier alpha value is -0.830. The molecule has 0 bridgehead atoms. The highest BCUT2D eigenvalue weighted by atomic mass is 15.2. The van der Waals surface area contributed by atoms with E-state index >= 15 is 0 Å². The van der Waals surface area contributed by atoms with Crippen LogP contribution in [0.25, 0.3) is 0 Å². The second-order valence-corrected chi connectivity index (χ2v) is 7.76. The van der Waals surface area contributed by atoms with Crippen molar-refractivity contribution in [3.05, 3.63) is 12.2 Å². The maximum atomic E-state index is 5.66. The summed E-state index contributed by atoms with van der Waals surface area (Å²) in [4.78, 5) is 6.99. The highest BCUT2D eigenvalue weighted by molar-refractivity contribution is 5.83. The lowest BCUT2D eigenvalue weighted by atomic mass is 10.1. The molecule has 3 heteroatoms. The molecule has 152 valence electrons. The van der Waals surface area contributed by atoms with E-state index in [-0.39, 0.29) is 0 Å². The van der Waals surface area contributed by atoms with Gasteiger partial charge in [0.25, 0.3) is 0 Å². The van der Waals surface area contributed by atoms with Gasteiger partial charge in [-0.25, -0.2) is 0 Å². The van der Waals surface area contributed by atoms with Gasteiger partial charge in [0, 0.05) is 26.1 Å². The smallest absolute Gasteiger partial charge is 0.0990 e. The fraction of sp³-hybridized carbons (Fsp3) is 0.870. The molecular formula is C23H45N3. The fourth-order valence-electron chi connectivity index (χ4n) is 3.69. The summed E-state index contributed by atoms with van der Waals surface area (Å²) in [5.41, 5.74) is 5.66. The molecule has 1 aliphatic rings. The van der Waals surface area contributed by atoms with Crippen LogP contribution in [0.2, 0.25) is 0 Å². The van der Waals surface area contributed by atoms with Gasteiger partial charge in [-0.05, 0) is 32.1 Å². The first-order chi connectivity index (χ1) is 12.9. The molecule has 0 saturated carbocycles. The molecule has 0 radical (unpaired) electrons. The molecule has 2 N–H and O–H groups in total. The van der Waals surface area contributed by atoms with Gasteiger partial charge in [0.15, 0.2) is 0 Å². The number of hydrogen-bond donors (Lipinski definition) is 1. The van der Waals surface area contributed by atoms with Crippen molar-refractivity contribution in [2.45, 2.75) is 103 Å². The van der Waals surface area contributed by atoms with Crippen LogP contribution in [0, 0.1) is 0 Å². The lowest BCUT2D eigenvalue weighted by Crippen LogP contribution is -2.32. The van der Waals surface area contributed by atoms with Gasteiger partial charge >= 0.3 is 0 Å². The summed E-state index contributed by atoms with van der Waals surface area (Å²) in [5, 5.41) is 0. The highest BCUT2D eigenvalue weighted by Gasteiger charge is 2.14. The lowest BCUT2D eigenvalue weighted by Gasteiger charge is -2.19. The van der Waals surface area contributed by atoms with Crippen LogP contribution in [0.3, 0.4) is 0 Å². The van der Waals surface area contributed by atoms with Crippen LogP contribution in [0.4, 0.5) is 0 Å². The quantitative estimate of drug-likeness (QED) is 0.236. The number of unbranched alkanes of at least 4 members (excludes halogenated alkanes) is 12. The minimum Gasteiger partial charge on any atom is -0.357 e. The van der Waals surface area contributed by atoms with E-state index in [0.29, 0.717) is 0 Å². The third kappa shape index (κ3) is 12.5. The van der Waals surface area contributed by atoms with Crippen LogP contribution in [0.5, 0.6) is 0 Å². The zero-order chi connectivity index (χ0) is 18.7. The Bertz CT molecular complexity index is 362. The minimum atomic E-state index is 0.740. The van der Waals surface area contributed by atoms with E-state index < -0.39 is 0 Å². The molecule has 0 amide bonds. The number of nitrogens with two attached hydrogens (primary N) is 1. The van der Waals surface area contributed by atoms with Crippen molar-refractivity contribution < 1.29 is 0 Å². The third-order valence-corrected chi connectivity index (χ3v) is 5.34. The molecule has 0 atom stereocenters. The maximum absolute atomic E-state index is 5.66. The van der Waals surface area contributed by atoms with Gasteiger partial charge in [-0.15, -0.1) is 0 Å². The topological polar surface area (TPSA) is 41.6 Å². The summed E-state index contributed by atoms with van der Waals surface area (Å²) in [6.45, 7) is 6.05. The van der Waals surface area contributed by atoms with Crippen molar-refractivity contribution in [1.29, 1.82) is 0 Å². The Morgan fingerprint density at radius 2 is 1.42 bits per heavy atom. The molecule has 0 aromatic rings. The van der Waals surface area contributed by atoms with Crippen molar-refractivity contribution >= 4 is 5.84 Å². The van der Waals surface area contributed by atoms with Crippen LogP contribution in [-0.2, 0) is 0 Å². The first kappa shape index (κ1) is 23.2. The Labute approximate surface area is 163 Å². The van der Waals surface area contributed by atoms with Crippen molar-refractivity contribution in [1.82, 2.24) is 4.90 Å². The van der Waals surface area contributed by atoms with Crippen LogP contribution in [-0.4, -0.2) is 36.9 Å². The van der Waals surface area contributed by atoms with Gasteiger partial charge < -0.3 is 10.6 Å². The molecule has 0 aromatic heterocycles. The van der Waals surface area contributed by atoms with E-state index in [1.807, 2.05) is 0 Å². The van der Waals surface area contributed by atoms with Crippen molar-refractivity contribution in [2.24, 2.45) is 10.7 Å². The van der Waals surface area contributed by atoms with Crippen molar-refractivity contribution in [3.63, 3.8) is 0 Å². The SMILES string of the molecule is CCCCCCCCCC/C=C/CCCCCCC1=NCCN1CCN. The molecule has 1 aliphatic heterocycles. The zero-order valence-electron chi connectivity index (χ0n) is 17.6. The van der Waals surface area contributed by atoms with E-state index in [2.05, 4.69) is 29.0 Å². The Balaban J connectivity index is 1.81.